The van der Waals surface area contributed by atoms with Gasteiger partial charge in [-0.25, -0.2) is 0 Å². The van der Waals surface area contributed by atoms with Crippen molar-refractivity contribution in [1.82, 2.24) is 4.90 Å². The molecule has 2 bridgehead atoms. The smallest absolute Gasteiger partial charge is 0.229 e. The molecule has 6 aliphatic rings. The number of fused-ring (bicyclic) bond motifs is 2. The molecule has 0 radical (unpaired) electrons. The monoisotopic (exact) mass is 380 g/mol. The van der Waals surface area contributed by atoms with Crippen molar-refractivity contribution in [2.75, 3.05) is 31.7 Å². The predicted molar refractivity (Wildman–Crippen MR) is 101 cm³/mol. The second-order valence-corrected chi connectivity index (χ2v) is 9.29. The highest BCUT2D eigenvalue weighted by Gasteiger charge is 2.76. The number of hydrogen-bond acceptors (Lipinski definition) is 5. The number of methoxy groups -OCH3 is 1. The summed E-state index contributed by atoms with van der Waals surface area (Å²) >= 11 is 0. The van der Waals surface area contributed by atoms with E-state index in [1.54, 1.807) is 7.11 Å². The van der Waals surface area contributed by atoms with Crippen LogP contribution in [0, 0.1) is 11.8 Å². The van der Waals surface area contributed by atoms with Gasteiger partial charge in [-0.2, -0.15) is 0 Å². The summed E-state index contributed by atoms with van der Waals surface area (Å²) in [6.07, 6.45) is 4.20. The number of ether oxygens (including phenoxy) is 2. The maximum Gasteiger partial charge on any atom is 0.229 e. The summed E-state index contributed by atoms with van der Waals surface area (Å²) < 4.78 is 11.7. The quantitative estimate of drug-likeness (QED) is 0.747. The minimum absolute atomic E-state index is 0.0450. The number of piperidine rings is 2. The van der Waals surface area contributed by atoms with Crippen LogP contribution < -0.4 is 9.64 Å². The van der Waals surface area contributed by atoms with Gasteiger partial charge in [-0.3, -0.25) is 9.69 Å². The highest BCUT2D eigenvalue weighted by molar-refractivity contribution is 5.99. The van der Waals surface area contributed by atoms with Crippen LogP contribution in [0.1, 0.15) is 24.8 Å². The Morgan fingerprint density at radius 1 is 1.36 bits per heavy atom. The van der Waals surface area contributed by atoms with Crippen LogP contribution >= 0.6 is 0 Å². The standard InChI is InChI=1S/C22H24N2O4/c1-27-13-2-3-15-16(8-13)24-18(25)9-17-19-14-10-22(26)21(15,20(19)24)5-6-23(22)11-12(14)4-7-28-17/h2-4,8,14,17,19-20,26H,5-7,9-11H2,1H3/t14-,17+,19+,20-,21-,22-/m1/s1. The zero-order valence-electron chi connectivity index (χ0n) is 15.9. The average Bonchev–Trinajstić information content (AvgIpc) is 3.11. The van der Waals surface area contributed by atoms with Gasteiger partial charge in [0.25, 0.3) is 0 Å². The fourth-order valence-corrected chi connectivity index (χ4v) is 7.68. The Bertz CT molecular complexity index is 960. The molecule has 1 spiro atoms. The molecule has 1 saturated carbocycles. The molecule has 6 nitrogen and oxygen atoms in total. The number of carbonyl (C=O) groups excluding carboxylic acids is 1. The Balaban J connectivity index is 1.55. The molecule has 1 aromatic rings. The lowest BCUT2D eigenvalue weighted by Crippen LogP contribution is -2.74. The molecular weight excluding hydrogens is 356 g/mol. The first kappa shape index (κ1) is 16.0. The third kappa shape index (κ3) is 1.49. The van der Waals surface area contributed by atoms with Crippen molar-refractivity contribution < 1.29 is 19.4 Å². The summed E-state index contributed by atoms with van der Waals surface area (Å²) in [6, 6.07) is 6.02. The maximum atomic E-state index is 13.4. The molecule has 1 amide bonds. The summed E-state index contributed by atoms with van der Waals surface area (Å²) in [7, 11) is 1.66. The Labute approximate surface area is 163 Å². The van der Waals surface area contributed by atoms with E-state index in [1.807, 2.05) is 17.0 Å². The zero-order chi connectivity index (χ0) is 18.8. The summed E-state index contributed by atoms with van der Waals surface area (Å²) in [5, 5.41) is 12.2. The van der Waals surface area contributed by atoms with Gasteiger partial charge in [0, 0.05) is 25.1 Å². The van der Waals surface area contributed by atoms with E-state index in [0.29, 0.717) is 13.0 Å². The Morgan fingerprint density at radius 2 is 2.25 bits per heavy atom. The number of carbonyl (C=O) groups is 1. The molecule has 0 aromatic heterocycles. The summed E-state index contributed by atoms with van der Waals surface area (Å²) in [6.45, 7) is 2.26. The number of rotatable bonds is 1. The summed E-state index contributed by atoms with van der Waals surface area (Å²) in [5.41, 5.74) is 2.11. The van der Waals surface area contributed by atoms with Crippen LogP contribution in [0.3, 0.4) is 0 Å². The number of benzene rings is 1. The van der Waals surface area contributed by atoms with E-state index in [-0.39, 0.29) is 29.9 Å². The van der Waals surface area contributed by atoms with E-state index in [2.05, 4.69) is 17.0 Å². The zero-order valence-corrected chi connectivity index (χ0v) is 15.9. The topological polar surface area (TPSA) is 62.2 Å². The Morgan fingerprint density at radius 3 is 3.11 bits per heavy atom. The third-order valence-electron chi connectivity index (χ3n) is 8.65. The van der Waals surface area contributed by atoms with Crippen LogP contribution in [0.4, 0.5) is 5.69 Å². The van der Waals surface area contributed by atoms with Gasteiger partial charge in [0.1, 0.15) is 11.5 Å². The van der Waals surface area contributed by atoms with Crippen molar-refractivity contribution in [2.24, 2.45) is 11.8 Å². The molecule has 6 atom stereocenters. The van der Waals surface area contributed by atoms with E-state index in [9.17, 15) is 9.90 Å². The van der Waals surface area contributed by atoms with Gasteiger partial charge in [0.15, 0.2) is 0 Å². The van der Waals surface area contributed by atoms with E-state index < -0.39 is 11.1 Å². The van der Waals surface area contributed by atoms with Crippen molar-refractivity contribution in [3.8, 4) is 5.75 Å². The fraction of sp³-hybridized carbons (Fsp3) is 0.591. The second-order valence-electron chi connectivity index (χ2n) is 9.29. The number of aliphatic hydroxyl groups is 1. The average molecular weight is 380 g/mol. The van der Waals surface area contributed by atoms with Gasteiger partial charge in [0.05, 0.1) is 43.4 Å². The van der Waals surface area contributed by atoms with Gasteiger partial charge in [-0.05, 0) is 30.4 Å². The third-order valence-corrected chi connectivity index (χ3v) is 8.65. The molecule has 6 heteroatoms. The lowest BCUT2D eigenvalue weighted by Gasteiger charge is -2.62. The van der Waals surface area contributed by atoms with Gasteiger partial charge < -0.3 is 19.5 Å². The van der Waals surface area contributed by atoms with E-state index in [4.69, 9.17) is 9.47 Å². The molecule has 3 saturated heterocycles. The normalized spacial score (nSPS) is 44.9. The van der Waals surface area contributed by atoms with Crippen LogP contribution in [-0.2, 0) is 14.9 Å². The van der Waals surface area contributed by atoms with Crippen LogP contribution in [0.15, 0.2) is 29.8 Å². The number of nitrogens with zero attached hydrogens (tertiary/aromatic N) is 2. The van der Waals surface area contributed by atoms with Crippen LogP contribution in [-0.4, -0.2) is 60.6 Å². The minimum atomic E-state index is -0.902. The van der Waals surface area contributed by atoms with Gasteiger partial charge in [0.2, 0.25) is 5.91 Å². The Hall–Kier alpha value is -1.89. The molecule has 1 N–H and O–H groups in total. The van der Waals surface area contributed by atoms with Crippen LogP contribution in [0.25, 0.3) is 0 Å². The van der Waals surface area contributed by atoms with Crippen LogP contribution in [0.5, 0.6) is 5.75 Å². The summed E-state index contributed by atoms with van der Waals surface area (Å²) in [5.74, 6) is 1.40. The fourth-order valence-electron chi connectivity index (χ4n) is 7.68. The van der Waals surface area contributed by atoms with Crippen LogP contribution in [0.2, 0.25) is 0 Å². The van der Waals surface area contributed by atoms with Crippen molar-refractivity contribution in [1.29, 1.82) is 0 Å². The highest BCUT2D eigenvalue weighted by atomic mass is 16.5. The first-order valence-electron chi connectivity index (χ1n) is 10.4. The highest BCUT2D eigenvalue weighted by Crippen LogP contribution is 2.69. The van der Waals surface area contributed by atoms with E-state index in [0.717, 1.165) is 42.9 Å². The van der Waals surface area contributed by atoms with Gasteiger partial charge >= 0.3 is 0 Å². The second kappa shape index (κ2) is 4.81. The first-order chi connectivity index (χ1) is 13.6. The predicted octanol–water partition coefficient (Wildman–Crippen LogP) is 1.42. The molecule has 7 rings (SSSR count). The largest absolute Gasteiger partial charge is 0.497 e. The lowest BCUT2D eigenvalue weighted by atomic mass is 9.52. The summed E-state index contributed by atoms with van der Waals surface area (Å²) in [4.78, 5) is 17.6. The van der Waals surface area contributed by atoms with E-state index in [1.165, 1.54) is 5.57 Å². The van der Waals surface area contributed by atoms with Gasteiger partial charge in [-0.1, -0.05) is 17.7 Å². The van der Waals surface area contributed by atoms with Gasteiger partial charge in [-0.15, -0.1) is 0 Å². The maximum absolute atomic E-state index is 13.4. The molecule has 28 heavy (non-hydrogen) atoms. The number of amides is 1. The number of hydrogen-bond donors (Lipinski definition) is 1. The molecule has 1 aromatic carbocycles. The molecule has 0 unspecified atom stereocenters. The molecule has 1 aliphatic carbocycles. The first-order valence-corrected chi connectivity index (χ1v) is 10.4. The molecule has 4 fully saturated rings. The van der Waals surface area contributed by atoms with Crippen molar-refractivity contribution in [3.63, 3.8) is 0 Å². The molecule has 5 heterocycles. The lowest BCUT2D eigenvalue weighted by molar-refractivity contribution is -0.197. The Kier molecular flexibility index (Phi) is 2.74. The van der Waals surface area contributed by atoms with Crippen molar-refractivity contribution >= 4 is 11.6 Å². The molecule has 5 aliphatic heterocycles. The van der Waals surface area contributed by atoms with E-state index >= 15 is 0 Å². The molecular formula is C22H24N2O4. The van der Waals surface area contributed by atoms with Crippen molar-refractivity contribution in [3.05, 3.63) is 35.4 Å². The molecule has 146 valence electrons. The van der Waals surface area contributed by atoms with Crippen molar-refractivity contribution in [2.45, 2.75) is 42.5 Å². The SMILES string of the molecule is COc1ccc2c(c1)N1C(=O)C[C@@H]3OCC=C4CN5CC[C@]26[C@H]1[C@H]3[C@@H]4C[C@]56O. The minimum Gasteiger partial charge on any atom is -0.497 e. The number of anilines is 1.